The summed E-state index contributed by atoms with van der Waals surface area (Å²) in [5.74, 6) is 0.968. The van der Waals surface area contributed by atoms with Crippen molar-refractivity contribution in [1.29, 1.82) is 0 Å². The molecule has 0 spiro atoms. The van der Waals surface area contributed by atoms with Gasteiger partial charge >= 0.3 is 0 Å². The number of amides is 1. The van der Waals surface area contributed by atoms with Crippen LogP contribution in [0.2, 0.25) is 5.02 Å². The van der Waals surface area contributed by atoms with Crippen molar-refractivity contribution in [2.75, 3.05) is 11.5 Å². The number of nitrogens with zero attached hydrogens (tertiary/aromatic N) is 1. The lowest BCUT2D eigenvalue weighted by atomic mass is 9.91. The molecule has 6 nitrogen and oxygen atoms in total. The Kier molecular flexibility index (Phi) is 5.63. The maximum absolute atomic E-state index is 14.0. The van der Waals surface area contributed by atoms with Crippen molar-refractivity contribution in [3.63, 3.8) is 0 Å². The standard InChI is InChI=1S/C16H17ClFN3O3S/c17-10-1-2-12(13(18)7-10)14-8-11(21-24-14)9-19-16(15(22)20-23)3-5-25-6-4-16/h1-2,7-8,19,23H,3-6,9H2,(H,20,22). The SMILES string of the molecule is O=C(NO)C1(NCc2cc(-c3ccc(Cl)cc3F)on2)CCSCC1. The number of thioether (sulfide) groups is 1. The minimum absolute atomic E-state index is 0.261. The second-order valence-electron chi connectivity index (χ2n) is 5.80. The highest BCUT2D eigenvalue weighted by molar-refractivity contribution is 7.99. The third kappa shape index (κ3) is 3.98. The van der Waals surface area contributed by atoms with Gasteiger partial charge in [-0.05, 0) is 42.5 Å². The highest BCUT2D eigenvalue weighted by Gasteiger charge is 2.39. The summed E-state index contributed by atoms with van der Waals surface area (Å²) in [6.45, 7) is 0.261. The van der Waals surface area contributed by atoms with E-state index in [9.17, 15) is 9.18 Å². The van der Waals surface area contributed by atoms with E-state index in [-0.39, 0.29) is 17.9 Å². The molecule has 1 aliphatic heterocycles. The molecule has 25 heavy (non-hydrogen) atoms. The summed E-state index contributed by atoms with van der Waals surface area (Å²) < 4.78 is 19.2. The monoisotopic (exact) mass is 385 g/mol. The predicted molar refractivity (Wildman–Crippen MR) is 93.0 cm³/mol. The fraction of sp³-hybridized carbons (Fsp3) is 0.375. The van der Waals surface area contributed by atoms with Gasteiger partial charge in [0.25, 0.3) is 5.91 Å². The van der Waals surface area contributed by atoms with E-state index in [2.05, 4.69) is 10.5 Å². The van der Waals surface area contributed by atoms with Crippen molar-refractivity contribution in [1.82, 2.24) is 16.0 Å². The van der Waals surface area contributed by atoms with Crippen molar-refractivity contribution in [2.45, 2.75) is 24.9 Å². The van der Waals surface area contributed by atoms with Crippen molar-refractivity contribution >= 4 is 29.3 Å². The molecule has 1 aromatic carbocycles. The lowest BCUT2D eigenvalue weighted by Crippen LogP contribution is -2.58. The lowest BCUT2D eigenvalue weighted by molar-refractivity contribution is -0.136. The molecule has 0 unspecified atom stereocenters. The molecule has 9 heteroatoms. The van der Waals surface area contributed by atoms with Gasteiger partial charge in [0.2, 0.25) is 0 Å². The van der Waals surface area contributed by atoms with Crippen LogP contribution in [0.4, 0.5) is 4.39 Å². The summed E-state index contributed by atoms with van der Waals surface area (Å²) in [5.41, 5.74) is 1.70. The van der Waals surface area contributed by atoms with Gasteiger partial charge in [-0.25, -0.2) is 9.87 Å². The predicted octanol–water partition coefficient (Wildman–Crippen LogP) is 2.99. The molecule has 0 radical (unpaired) electrons. The molecule has 134 valence electrons. The fourth-order valence-electron chi connectivity index (χ4n) is 2.78. The zero-order valence-electron chi connectivity index (χ0n) is 13.2. The normalized spacial score (nSPS) is 16.6. The Hall–Kier alpha value is -1.61. The fourth-order valence-corrected chi connectivity index (χ4v) is 4.13. The first-order valence-corrected chi connectivity index (χ1v) is 9.26. The van der Waals surface area contributed by atoms with E-state index >= 15 is 0 Å². The lowest BCUT2D eigenvalue weighted by Gasteiger charge is -2.35. The molecule has 0 bridgehead atoms. The molecule has 1 aliphatic rings. The zero-order valence-corrected chi connectivity index (χ0v) is 14.8. The van der Waals surface area contributed by atoms with Gasteiger partial charge in [0.1, 0.15) is 11.4 Å². The minimum atomic E-state index is -0.843. The molecule has 2 aromatic rings. The maximum Gasteiger partial charge on any atom is 0.263 e. The molecule has 0 aliphatic carbocycles. The number of halogens is 2. The van der Waals surface area contributed by atoms with E-state index in [0.29, 0.717) is 23.6 Å². The molecule has 0 saturated carbocycles. The third-order valence-electron chi connectivity index (χ3n) is 4.25. The molecular weight excluding hydrogens is 369 g/mol. The van der Waals surface area contributed by atoms with E-state index in [1.807, 2.05) is 0 Å². The maximum atomic E-state index is 14.0. The number of nitrogens with one attached hydrogen (secondary N) is 2. The average Bonchev–Trinajstić information content (AvgIpc) is 3.09. The number of hydrogen-bond acceptors (Lipinski definition) is 6. The number of carbonyl (C=O) groups is 1. The van der Waals surface area contributed by atoms with Crippen LogP contribution in [0.25, 0.3) is 11.3 Å². The number of benzene rings is 1. The Labute approximate surface area is 153 Å². The first-order chi connectivity index (χ1) is 12.0. The number of carbonyl (C=O) groups excluding carboxylic acids is 1. The van der Waals surface area contributed by atoms with Gasteiger partial charge in [-0.15, -0.1) is 0 Å². The van der Waals surface area contributed by atoms with Crippen LogP contribution >= 0.6 is 23.4 Å². The summed E-state index contributed by atoms with van der Waals surface area (Å²) in [5, 5.41) is 16.4. The summed E-state index contributed by atoms with van der Waals surface area (Å²) in [6, 6.07) is 5.91. The molecular formula is C16H17ClFN3O3S. The molecule has 3 N–H and O–H groups in total. The summed E-state index contributed by atoms with van der Waals surface area (Å²) in [7, 11) is 0. The average molecular weight is 386 g/mol. The van der Waals surface area contributed by atoms with E-state index in [0.717, 1.165) is 11.5 Å². The highest BCUT2D eigenvalue weighted by atomic mass is 35.5. The van der Waals surface area contributed by atoms with E-state index in [4.69, 9.17) is 21.3 Å². The Morgan fingerprint density at radius 1 is 1.40 bits per heavy atom. The molecule has 3 rings (SSSR count). The number of hydroxylamine groups is 1. The largest absolute Gasteiger partial charge is 0.356 e. The zero-order chi connectivity index (χ0) is 17.9. The molecule has 1 fully saturated rings. The minimum Gasteiger partial charge on any atom is -0.356 e. The van der Waals surface area contributed by atoms with Gasteiger partial charge in [0.15, 0.2) is 5.76 Å². The van der Waals surface area contributed by atoms with Gasteiger partial charge in [-0.1, -0.05) is 16.8 Å². The van der Waals surface area contributed by atoms with E-state index in [1.54, 1.807) is 29.4 Å². The van der Waals surface area contributed by atoms with Crippen LogP contribution in [0.5, 0.6) is 0 Å². The smallest absolute Gasteiger partial charge is 0.263 e. The van der Waals surface area contributed by atoms with Crippen molar-refractivity contribution in [2.24, 2.45) is 0 Å². The van der Waals surface area contributed by atoms with Crippen LogP contribution in [0, 0.1) is 5.82 Å². The topological polar surface area (TPSA) is 87.4 Å². The number of aromatic nitrogens is 1. The van der Waals surface area contributed by atoms with Crippen molar-refractivity contribution in [3.05, 3.63) is 40.8 Å². The summed E-state index contributed by atoms with van der Waals surface area (Å²) >= 11 is 7.51. The van der Waals surface area contributed by atoms with Crippen molar-refractivity contribution in [3.8, 4) is 11.3 Å². The van der Waals surface area contributed by atoms with Crippen LogP contribution < -0.4 is 10.8 Å². The van der Waals surface area contributed by atoms with Crippen LogP contribution in [0.3, 0.4) is 0 Å². The van der Waals surface area contributed by atoms with E-state index < -0.39 is 17.3 Å². The summed E-state index contributed by atoms with van der Waals surface area (Å²) in [6.07, 6.45) is 1.20. The van der Waals surface area contributed by atoms with Gasteiger partial charge in [-0.2, -0.15) is 11.8 Å². The highest BCUT2D eigenvalue weighted by Crippen LogP contribution is 2.29. The van der Waals surface area contributed by atoms with Gasteiger partial charge in [-0.3, -0.25) is 15.3 Å². The second-order valence-corrected chi connectivity index (χ2v) is 7.46. The third-order valence-corrected chi connectivity index (χ3v) is 5.47. The van der Waals surface area contributed by atoms with Crippen LogP contribution in [-0.2, 0) is 11.3 Å². The summed E-state index contributed by atoms with van der Waals surface area (Å²) in [4.78, 5) is 12.1. The van der Waals surface area contributed by atoms with Crippen LogP contribution in [-0.4, -0.2) is 33.3 Å². The first-order valence-electron chi connectivity index (χ1n) is 7.72. The number of hydrogen-bond donors (Lipinski definition) is 3. The Bertz CT molecular complexity index is 765. The molecule has 1 saturated heterocycles. The molecule has 2 heterocycles. The number of rotatable bonds is 5. The first kappa shape index (κ1) is 18.2. The Balaban J connectivity index is 1.73. The van der Waals surface area contributed by atoms with Gasteiger partial charge in [0.05, 0.1) is 11.3 Å². The molecule has 0 atom stereocenters. The molecule has 1 aromatic heterocycles. The van der Waals surface area contributed by atoms with Crippen LogP contribution in [0.1, 0.15) is 18.5 Å². The van der Waals surface area contributed by atoms with Gasteiger partial charge in [0, 0.05) is 17.6 Å². The van der Waals surface area contributed by atoms with Crippen LogP contribution in [0.15, 0.2) is 28.8 Å². The quantitative estimate of drug-likeness (QED) is 0.541. The van der Waals surface area contributed by atoms with Gasteiger partial charge < -0.3 is 4.52 Å². The van der Waals surface area contributed by atoms with E-state index in [1.165, 1.54) is 12.1 Å². The van der Waals surface area contributed by atoms with Crippen molar-refractivity contribution < 1.29 is 18.9 Å². The Morgan fingerprint density at radius 2 is 2.16 bits per heavy atom. The molecule has 1 amide bonds. The Morgan fingerprint density at radius 3 is 2.84 bits per heavy atom. The second kappa shape index (κ2) is 7.74.